The molecule has 0 spiro atoms. The van der Waals surface area contributed by atoms with Gasteiger partial charge in [-0.2, -0.15) is 0 Å². The maximum Gasteiger partial charge on any atom is 0.251 e. The van der Waals surface area contributed by atoms with Crippen LogP contribution in [-0.2, 0) is 0 Å². The van der Waals surface area contributed by atoms with Crippen LogP contribution in [0.3, 0.4) is 0 Å². The van der Waals surface area contributed by atoms with E-state index in [0.717, 1.165) is 17.0 Å². The molecule has 19 heavy (non-hydrogen) atoms. The van der Waals surface area contributed by atoms with Crippen molar-refractivity contribution in [2.45, 2.75) is 33.2 Å². The van der Waals surface area contributed by atoms with E-state index >= 15 is 0 Å². The number of thiophene rings is 1. The number of nitrogens with one attached hydrogen (secondary N) is 1. The first-order valence-corrected chi connectivity index (χ1v) is 7.25. The van der Waals surface area contributed by atoms with E-state index in [0.29, 0.717) is 5.56 Å². The molecule has 0 aliphatic rings. The number of carbonyl (C=O) groups is 1. The van der Waals surface area contributed by atoms with Gasteiger partial charge in [-0.05, 0) is 44.5 Å². The molecular formula is C15H18N2OS. The predicted octanol–water partition coefficient (Wildman–Crippen LogP) is 3.65. The van der Waals surface area contributed by atoms with Crippen LogP contribution in [0, 0.1) is 6.92 Å². The molecule has 0 aliphatic heterocycles. The Balaban J connectivity index is 2.22. The lowest BCUT2D eigenvalue weighted by atomic mass is 10.1. The minimum absolute atomic E-state index is 0.0359. The third-order valence-electron chi connectivity index (χ3n) is 3.00. The number of rotatable bonds is 4. The topological polar surface area (TPSA) is 42.0 Å². The van der Waals surface area contributed by atoms with Crippen molar-refractivity contribution < 1.29 is 4.79 Å². The molecule has 1 N–H and O–H groups in total. The minimum Gasteiger partial charge on any atom is -0.350 e. The molecule has 1 amide bonds. The molecular weight excluding hydrogens is 256 g/mol. The Morgan fingerprint density at radius 2 is 2.21 bits per heavy atom. The second-order valence-electron chi connectivity index (χ2n) is 4.62. The van der Waals surface area contributed by atoms with Crippen LogP contribution in [0.1, 0.15) is 35.5 Å². The van der Waals surface area contributed by atoms with Crippen LogP contribution >= 0.6 is 11.3 Å². The fourth-order valence-electron chi connectivity index (χ4n) is 1.69. The number of hydrogen-bond acceptors (Lipinski definition) is 3. The Morgan fingerprint density at radius 1 is 1.42 bits per heavy atom. The zero-order valence-electron chi connectivity index (χ0n) is 11.4. The van der Waals surface area contributed by atoms with Crippen molar-refractivity contribution >= 4 is 17.2 Å². The molecule has 4 heteroatoms. The average molecular weight is 274 g/mol. The van der Waals surface area contributed by atoms with Crippen molar-refractivity contribution in [3.05, 3.63) is 40.9 Å². The Morgan fingerprint density at radius 3 is 2.84 bits per heavy atom. The van der Waals surface area contributed by atoms with Crippen LogP contribution in [0.4, 0.5) is 0 Å². The van der Waals surface area contributed by atoms with Gasteiger partial charge in [0.2, 0.25) is 0 Å². The highest BCUT2D eigenvalue weighted by atomic mass is 32.1. The van der Waals surface area contributed by atoms with E-state index in [-0.39, 0.29) is 11.9 Å². The van der Waals surface area contributed by atoms with Gasteiger partial charge >= 0.3 is 0 Å². The van der Waals surface area contributed by atoms with Gasteiger partial charge in [-0.25, -0.2) is 0 Å². The molecule has 2 rings (SSSR count). The van der Waals surface area contributed by atoms with E-state index in [1.165, 1.54) is 4.88 Å². The van der Waals surface area contributed by atoms with E-state index in [2.05, 4.69) is 30.2 Å². The summed E-state index contributed by atoms with van der Waals surface area (Å²) in [5.41, 5.74) is 1.52. The quantitative estimate of drug-likeness (QED) is 0.924. The molecule has 1 atom stereocenters. The zero-order valence-corrected chi connectivity index (χ0v) is 12.3. The monoisotopic (exact) mass is 274 g/mol. The number of nitrogens with zero attached hydrogens (tertiary/aromatic N) is 1. The molecule has 100 valence electrons. The third kappa shape index (κ3) is 3.41. The summed E-state index contributed by atoms with van der Waals surface area (Å²) in [5.74, 6) is -0.0359. The molecule has 0 aliphatic carbocycles. The number of aryl methyl sites for hydroxylation is 1. The first-order chi connectivity index (χ1) is 9.10. The summed E-state index contributed by atoms with van der Waals surface area (Å²) in [7, 11) is 0. The number of aromatic nitrogens is 1. The molecule has 0 saturated carbocycles. The maximum absolute atomic E-state index is 12.1. The molecule has 0 saturated heterocycles. The summed E-state index contributed by atoms with van der Waals surface area (Å²) in [4.78, 5) is 18.7. The first-order valence-electron chi connectivity index (χ1n) is 6.44. The SMILES string of the molecule is CCC(C)NC(=O)c1ccnc(-c2ccc(C)s2)c1. The molecule has 0 radical (unpaired) electrons. The van der Waals surface area contributed by atoms with Crippen molar-refractivity contribution in [2.24, 2.45) is 0 Å². The highest BCUT2D eigenvalue weighted by molar-refractivity contribution is 7.15. The van der Waals surface area contributed by atoms with Crippen LogP contribution in [0.5, 0.6) is 0 Å². The molecule has 0 fully saturated rings. The summed E-state index contributed by atoms with van der Waals surface area (Å²) in [5, 5.41) is 2.97. The lowest BCUT2D eigenvalue weighted by Crippen LogP contribution is -2.31. The fraction of sp³-hybridized carbons (Fsp3) is 0.333. The van der Waals surface area contributed by atoms with Gasteiger partial charge in [-0.15, -0.1) is 11.3 Å². The van der Waals surface area contributed by atoms with Gasteiger partial charge in [0.1, 0.15) is 0 Å². The summed E-state index contributed by atoms with van der Waals surface area (Å²) >= 11 is 1.69. The van der Waals surface area contributed by atoms with Crippen LogP contribution in [-0.4, -0.2) is 16.9 Å². The minimum atomic E-state index is -0.0359. The van der Waals surface area contributed by atoms with E-state index in [1.54, 1.807) is 23.6 Å². The third-order valence-corrected chi connectivity index (χ3v) is 4.03. The average Bonchev–Trinajstić information content (AvgIpc) is 2.85. The fourth-order valence-corrected chi connectivity index (χ4v) is 2.52. The van der Waals surface area contributed by atoms with Crippen LogP contribution in [0.15, 0.2) is 30.5 Å². The molecule has 2 aromatic rings. The van der Waals surface area contributed by atoms with Gasteiger partial charge < -0.3 is 5.32 Å². The second-order valence-corrected chi connectivity index (χ2v) is 5.91. The molecule has 1 unspecified atom stereocenters. The van der Waals surface area contributed by atoms with Crippen LogP contribution < -0.4 is 5.32 Å². The van der Waals surface area contributed by atoms with Gasteiger partial charge in [0, 0.05) is 22.7 Å². The van der Waals surface area contributed by atoms with Crippen molar-refractivity contribution in [3.8, 4) is 10.6 Å². The highest BCUT2D eigenvalue weighted by Gasteiger charge is 2.10. The smallest absolute Gasteiger partial charge is 0.251 e. The summed E-state index contributed by atoms with van der Waals surface area (Å²) < 4.78 is 0. The van der Waals surface area contributed by atoms with E-state index in [1.807, 2.05) is 19.1 Å². The molecule has 0 bridgehead atoms. The molecule has 3 nitrogen and oxygen atoms in total. The molecule has 0 aromatic carbocycles. The van der Waals surface area contributed by atoms with Crippen LogP contribution in [0.25, 0.3) is 10.6 Å². The van der Waals surface area contributed by atoms with Crippen molar-refractivity contribution in [1.82, 2.24) is 10.3 Å². The van der Waals surface area contributed by atoms with Crippen molar-refractivity contribution in [1.29, 1.82) is 0 Å². The highest BCUT2D eigenvalue weighted by Crippen LogP contribution is 2.26. The van der Waals surface area contributed by atoms with Gasteiger partial charge in [0.25, 0.3) is 5.91 Å². The van der Waals surface area contributed by atoms with Gasteiger partial charge in [-0.1, -0.05) is 6.92 Å². The maximum atomic E-state index is 12.1. The second kappa shape index (κ2) is 5.97. The standard InChI is InChI=1S/C15H18N2OS/c1-4-10(2)17-15(18)12-7-8-16-13(9-12)14-6-5-11(3)19-14/h5-10H,4H2,1-3H3,(H,17,18). The lowest BCUT2D eigenvalue weighted by Gasteiger charge is -2.11. The number of pyridine rings is 1. The van der Waals surface area contributed by atoms with E-state index in [9.17, 15) is 4.79 Å². The molecule has 2 heterocycles. The van der Waals surface area contributed by atoms with Gasteiger partial charge in [0.15, 0.2) is 0 Å². The largest absolute Gasteiger partial charge is 0.350 e. The van der Waals surface area contributed by atoms with Crippen molar-refractivity contribution in [3.63, 3.8) is 0 Å². The van der Waals surface area contributed by atoms with E-state index in [4.69, 9.17) is 0 Å². The Hall–Kier alpha value is -1.68. The lowest BCUT2D eigenvalue weighted by molar-refractivity contribution is 0.0939. The first kappa shape index (κ1) is 13.7. The number of amides is 1. The molecule has 2 aromatic heterocycles. The Kier molecular flexibility index (Phi) is 4.32. The number of hydrogen-bond donors (Lipinski definition) is 1. The van der Waals surface area contributed by atoms with Gasteiger partial charge in [-0.3, -0.25) is 9.78 Å². The van der Waals surface area contributed by atoms with Gasteiger partial charge in [0.05, 0.1) is 10.6 Å². The summed E-state index contributed by atoms with van der Waals surface area (Å²) in [6, 6.07) is 7.89. The normalized spacial score (nSPS) is 12.2. The zero-order chi connectivity index (χ0) is 13.8. The Labute approximate surface area is 117 Å². The van der Waals surface area contributed by atoms with Crippen LogP contribution in [0.2, 0.25) is 0 Å². The van der Waals surface area contributed by atoms with Crippen molar-refractivity contribution in [2.75, 3.05) is 0 Å². The summed E-state index contributed by atoms with van der Waals surface area (Å²) in [6.07, 6.45) is 2.61. The number of carbonyl (C=O) groups excluding carboxylic acids is 1. The summed E-state index contributed by atoms with van der Waals surface area (Å²) in [6.45, 7) is 6.12. The predicted molar refractivity (Wildman–Crippen MR) is 79.5 cm³/mol. The Bertz CT molecular complexity index is 577. The van der Waals surface area contributed by atoms with E-state index < -0.39 is 0 Å².